The Balaban J connectivity index is 1.87. The molecule has 0 aliphatic carbocycles. The van der Waals surface area contributed by atoms with Gasteiger partial charge in [0.25, 0.3) is 0 Å². The Labute approximate surface area is 118 Å². The molecule has 0 saturated carbocycles. The van der Waals surface area contributed by atoms with Crippen LogP contribution >= 0.6 is 27.7 Å². The van der Waals surface area contributed by atoms with E-state index in [0.717, 1.165) is 20.9 Å². The molecule has 0 bridgehead atoms. The Morgan fingerprint density at radius 1 is 1.11 bits per heavy atom. The third-order valence-electron chi connectivity index (χ3n) is 2.71. The summed E-state index contributed by atoms with van der Waals surface area (Å²) < 4.78 is 3.15. The minimum atomic E-state index is 0.941. The third kappa shape index (κ3) is 2.31. The summed E-state index contributed by atoms with van der Waals surface area (Å²) >= 11 is 5.29. The Morgan fingerprint density at radius 3 is 2.78 bits per heavy atom. The molecular formula is C14H11BrN2S. The molecule has 0 aliphatic rings. The number of hydrogen-bond donors (Lipinski definition) is 0. The summed E-state index contributed by atoms with van der Waals surface area (Å²) in [5.41, 5.74) is 2.46. The maximum atomic E-state index is 4.46. The fourth-order valence-corrected chi connectivity index (χ4v) is 3.21. The van der Waals surface area contributed by atoms with Crippen LogP contribution in [0.2, 0.25) is 0 Å². The molecule has 0 aliphatic heterocycles. The molecule has 2 nitrogen and oxygen atoms in total. The molecule has 3 rings (SSSR count). The van der Waals surface area contributed by atoms with Gasteiger partial charge < -0.3 is 4.40 Å². The van der Waals surface area contributed by atoms with Gasteiger partial charge in [-0.1, -0.05) is 42.1 Å². The van der Waals surface area contributed by atoms with E-state index < -0.39 is 0 Å². The van der Waals surface area contributed by atoms with Crippen LogP contribution in [0.3, 0.4) is 0 Å². The summed E-state index contributed by atoms with van der Waals surface area (Å²) in [5, 5.41) is 1.06. The van der Waals surface area contributed by atoms with Crippen LogP contribution in [-0.4, -0.2) is 9.38 Å². The predicted molar refractivity (Wildman–Crippen MR) is 78.9 cm³/mol. The van der Waals surface area contributed by atoms with E-state index in [1.807, 2.05) is 24.5 Å². The molecule has 0 spiro atoms. The van der Waals surface area contributed by atoms with Crippen molar-refractivity contribution in [2.24, 2.45) is 0 Å². The number of nitrogens with zero attached hydrogens (tertiary/aromatic N) is 2. The number of hydrogen-bond acceptors (Lipinski definition) is 2. The summed E-state index contributed by atoms with van der Waals surface area (Å²) in [5.74, 6) is 0.941. The van der Waals surface area contributed by atoms with E-state index in [-0.39, 0.29) is 0 Å². The largest absolute Gasteiger partial charge is 0.307 e. The van der Waals surface area contributed by atoms with Gasteiger partial charge in [0.2, 0.25) is 0 Å². The van der Waals surface area contributed by atoms with E-state index in [4.69, 9.17) is 0 Å². The van der Waals surface area contributed by atoms with Crippen LogP contribution in [0.25, 0.3) is 5.52 Å². The second kappa shape index (κ2) is 5.16. The molecule has 2 heterocycles. The van der Waals surface area contributed by atoms with Crippen LogP contribution in [0.5, 0.6) is 0 Å². The molecule has 0 saturated heterocycles. The van der Waals surface area contributed by atoms with Gasteiger partial charge in [0, 0.05) is 18.1 Å². The Morgan fingerprint density at radius 2 is 1.94 bits per heavy atom. The smallest absolute Gasteiger partial charge is 0.120 e. The first-order valence-electron chi connectivity index (χ1n) is 5.63. The normalized spacial score (nSPS) is 10.9. The van der Waals surface area contributed by atoms with Crippen LogP contribution in [0, 0.1) is 0 Å². The van der Waals surface area contributed by atoms with E-state index >= 15 is 0 Å². The fraction of sp³-hybridized carbons (Fsp3) is 0.0714. The summed E-state index contributed by atoms with van der Waals surface area (Å²) in [7, 11) is 0. The van der Waals surface area contributed by atoms with Gasteiger partial charge in [-0.15, -0.1) is 0 Å². The molecule has 3 aromatic rings. The molecular weight excluding hydrogens is 308 g/mol. The van der Waals surface area contributed by atoms with Gasteiger partial charge in [-0.3, -0.25) is 0 Å². The average Bonchev–Trinajstić information content (AvgIpc) is 2.80. The maximum Gasteiger partial charge on any atom is 0.120 e. The van der Waals surface area contributed by atoms with Crippen molar-refractivity contribution in [3.8, 4) is 0 Å². The van der Waals surface area contributed by atoms with Crippen molar-refractivity contribution in [2.75, 3.05) is 0 Å². The number of benzene rings is 1. The maximum absolute atomic E-state index is 4.46. The highest BCUT2D eigenvalue weighted by Crippen LogP contribution is 2.27. The second-order valence-corrected chi connectivity index (χ2v) is 5.69. The van der Waals surface area contributed by atoms with Gasteiger partial charge in [0.15, 0.2) is 0 Å². The number of halogens is 1. The predicted octanol–water partition coefficient (Wildman–Crippen LogP) is 4.39. The van der Waals surface area contributed by atoms with Gasteiger partial charge in [0.1, 0.15) is 5.03 Å². The van der Waals surface area contributed by atoms with Crippen molar-refractivity contribution in [3.05, 3.63) is 65.0 Å². The highest BCUT2D eigenvalue weighted by Gasteiger charge is 2.05. The Bertz CT molecular complexity index is 664. The number of fused-ring (bicyclic) bond motifs is 1. The number of aromatic nitrogens is 2. The summed E-state index contributed by atoms with van der Waals surface area (Å²) in [6.07, 6.45) is 3.80. The lowest BCUT2D eigenvalue weighted by Crippen LogP contribution is -1.89. The standard InChI is InChI=1S/C14H11BrN2S/c15-13-7-6-12-14(16-8-9-17(12)13)18-10-11-4-2-1-3-5-11/h1-9H,10H2. The molecule has 0 fully saturated rings. The first-order valence-corrected chi connectivity index (χ1v) is 7.41. The Hall–Kier alpha value is -1.26. The van der Waals surface area contributed by atoms with E-state index in [0.29, 0.717) is 0 Å². The highest BCUT2D eigenvalue weighted by molar-refractivity contribution is 9.10. The van der Waals surface area contributed by atoms with Crippen LogP contribution in [0.1, 0.15) is 5.56 Å². The molecule has 0 N–H and O–H groups in total. The number of thioether (sulfide) groups is 1. The lowest BCUT2D eigenvalue weighted by Gasteiger charge is -2.04. The van der Waals surface area contributed by atoms with Crippen molar-refractivity contribution in [1.29, 1.82) is 0 Å². The summed E-state index contributed by atoms with van der Waals surface area (Å²) in [4.78, 5) is 4.46. The van der Waals surface area contributed by atoms with Crippen LogP contribution in [-0.2, 0) is 5.75 Å². The first kappa shape index (κ1) is 11.8. The van der Waals surface area contributed by atoms with Crippen molar-refractivity contribution in [3.63, 3.8) is 0 Å². The number of rotatable bonds is 3. The van der Waals surface area contributed by atoms with Gasteiger partial charge in [-0.25, -0.2) is 4.98 Å². The van der Waals surface area contributed by atoms with E-state index in [1.54, 1.807) is 11.8 Å². The van der Waals surface area contributed by atoms with Gasteiger partial charge in [-0.05, 0) is 33.6 Å². The van der Waals surface area contributed by atoms with Crippen LogP contribution in [0.4, 0.5) is 0 Å². The van der Waals surface area contributed by atoms with Crippen molar-refractivity contribution in [1.82, 2.24) is 9.38 Å². The van der Waals surface area contributed by atoms with Crippen molar-refractivity contribution in [2.45, 2.75) is 10.8 Å². The summed E-state index contributed by atoms with van der Waals surface area (Å²) in [6, 6.07) is 14.6. The lowest BCUT2D eigenvalue weighted by molar-refractivity contribution is 1.03. The molecule has 0 amide bonds. The molecule has 18 heavy (non-hydrogen) atoms. The zero-order valence-electron chi connectivity index (χ0n) is 9.58. The molecule has 1 aromatic carbocycles. The van der Waals surface area contributed by atoms with Gasteiger partial charge in [0.05, 0.1) is 10.1 Å². The minimum Gasteiger partial charge on any atom is -0.307 e. The molecule has 0 atom stereocenters. The van der Waals surface area contributed by atoms with Crippen molar-refractivity contribution < 1.29 is 0 Å². The zero-order valence-corrected chi connectivity index (χ0v) is 12.0. The molecule has 0 radical (unpaired) electrons. The molecule has 2 aromatic heterocycles. The zero-order chi connectivity index (χ0) is 12.4. The van der Waals surface area contributed by atoms with E-state index in [2.05, 4.69) is 55.6 Å². The Kier molecular flexibility index (Phi) is 3.39. The third-order valence-corrected chi connectivity index (χ3v) is 4.43. The lowest BCUT2D eigenvalue weighted by atomic mass is 10.2. The van der Waals surface area contributed by atoms with E-state index in [1.165, 1.54) is 5.56 Å². The first-order chi connectivity index (χ1) is 8.84. The van der Waals surface area contributed by atoms with Crippen LogP contribution in [0.15, 0.2) is 64.5 Å². The van der Waals surface area contributed by atoms with Gasteiger partial charge >= 0.3 is 0 Å². The minimum absolute atomic E-state index is 0.941. The second-order valence-electron chi connectivity index (χ2n) is 3.92. The summed E-state index contributed by atoms with van der Waals surface area (Å²) in [6.45, 7) is 0. The van der Waals surface area contributed by atoms with Crippen molar-refractivity contribution >= 4 is 33.2 Å². The SMILES string of the molecule is Brc1ccc2c(SCc3ccccc3)nccn12. The topological polar surface area (TPSA) is 17.3 Å². The van der Waals surface area contributed by atoms with E-state index in [9.17, 15) is 0 Å². The monoisotopic (exact) mass is 318 g/mol. The highest BCUT2D eigenvalue weighted by atomic mass is 79.9. The van der Waals surface area contributed by atoms with Gasteiger partial charge in [-0.2, -0.15) is 0 Å². The quantitative estimate of drug-likeness (QED) is 0.666. The molecule has 0 unspecified atom stereocenters. The molecule has 90 valence electrons. The fourth-order valence-electron chi connectivity index (χ4n) is 1.82. The molecule has 4 heteroatoms. The van der Waals surface area contributed by atoms with Crippen LogP contribution < -0.4 is 0 Å². The average molecular weight is 319 g/mol.